The lowest BCUT2D eigenvalue weighted by Gasteiger charge is -2.20. The van der Waals surface area contributed by atoms with Crippen molar-refractivity contribution in [3.05, 3.63) is 58.6 Å². The topological polar surface area (TPSA) is 80.8 Å². The number of rotatable bonds is 4. The number of hydrogen-bond donors (Lipinski definition) is 0. The highest BCUT2D eigenvalue weighted by Crippen LogP contribution is 2.35. The smallest absolute Gasteiger partial charge is 0.338 e. The van der Waals surface area contributed by atoms with Gasteiger partial charge in [-0.2, -0.15) is 0 Å². The number of halogens is 1. The molecule has 1 heterocycles. The summed E-state index contributed by atoms with van der Waals surface area (Å²) in [6.07, 6.45) is 1.43. The first-order valence-corrected chi connectivity index (χ1v) is 10.8. The number of benzene rings is 2. The average Bonchev–Trinajstić information content (AvgIpc) is 3.28. The maximum absolute atomic E-state index is 13.2. The predicted molar refractivity (Wildman–Crippen MR) is 104 cm³/mol. The average molecular weight is 420 g/mol. The predicted octanol–water partition coefficient (Wildman–Crippen LogP) is 3.37. The second-order valence-corrected chi connectivity index (χ2v) is 9.09. The normalized spacial score (nSPS) is 19.0. The molecule has 1 atom stereocenters. The number of anilines is 1. The largest absolute Gasteiger partial charge is 0.451 e. The summed E-state index contributed by atoms with van der Waals surface area (Å²) in [5, 5.41) is 0.0258. The molecule has 146 valence electrons. The molecule has 1 aliphatic carbocycles. The van der Waals surface area contributed by atoms with Crippen molar-refractivity contribution in [2.75, 3.05) is 10.8 Å². The van der Waals surface area contributed by atoms with Crippen LogP contribution in [0.5, 0.6) is 0 Å². The van der Waals surface area contributed by atoms with Crippen LogP contribution in [-0.4, -0.2) is 32.8 Å². The third-order valence-corrected chi connectivity index (χ3v) is 7.37. The van der Waals surface area contributed by atoms with Crippen molar-refractivity contribution in [3.8, 4) is 0 Å². The Hall–Kier alpha value is -2.38. The molecule has 28 heavy (non-hydrogen) atoms. The molecular formula is C20H18ClNO5S. The zero-order chi connectivity index (χ0) is 19.9. The third kappa shape index (κ3) is 3.29. The molecule has 0 bridgehead atoms. The standard InChI is InChI=1S/C20H18ClNO5S/c21-15-9-8-14(20(24)27-18-7-3-6-17(18)23)12-19(15)28(25,26)22-11-10-13-4-1-2-5-16(13)22/h1-2,4-5,8-9,12,18H,3,6-7,10-11H2. The van der Waals surface area contributed by atoms with Gasteiger partial charge in [-0.05, 0) is 49.1 Å². The first kappa shape index (κ1) is 19.0. The van der Waals surface area contributed by atoms with Gasteiger partial charge in [-0.25, -0.2) is 13.2 Å². The van der Waals surface area contributed by atoms with Gasteiger partial charge in [0.2, 0.25) is 0 Å². The van der Waals surface area contributed by atoms with E-state index in [1.165, 1.54) is 22.5 Å². The number of nitrogens with zero attached hydrogens (tertiary/aromatic N) is 1. The Morgan fingerprint density at radius 2 is 1.93 bits per heavy atom. The van der Waals surface area contributed by atoms with Crippen molar-refractivity contribution in [2.45, 2.75) is 36.7 Å². The maximum Gasteiger partial charge on any atom is 0.338 e. The number of esters is 1. The van der Waals surface area contributed by atoms with Gasteiger partial charge in [-0.1, -0.05) is 29.8 Å². The number of ether oxygens (including phenoxy) is 1. The summed E-state index contributed by atoms with van der Waals surface area (Å²) in [4.78, 5) is 24.0. The van der Waals surface area contributed by atoms with Gasteiger partial charge in [0.05, 0.1) is 16.3 Å². The minimum Gasteiger partial charge on any atom is -0.451 e. The van der Waals surface area contributed by atoms with Crippen molar-refractivity contribution in [3.63, 3.8) is 0 Å². The SMILES string of the molecule is O=C(OC1CCCC1=O)c1ccc(Cl)c(S(=O)(=O)N2CCc3ccccc32)c1. The van der Waals surface area contributed by atoms with E-state index < -0.39 is 22.1 Å². The molecule has 1 saturated carbocycles. The number of carbonyl (C=O) groups is 2. The van der Waals surface area contributed by atoms with E-state index in [0.29, 0.717) is 37.9 Å². The number of sulfonamides is 1. The first-order valence-electron chi connectivity index (χ1n) is 9.02. The number of ketones is 1. The number of Topliss-reactive ketones (excluding diaryl/α,β-unsaturated/α-hetero) is 1. The van der Waals surface area contributed by atoms with Crippen LogP contribution in [0.15, 0.2) is 47.4 Å². The minimum absolute atomic E-state index is 0.0258. The number of carbonyl (C=O) groups excluding carboxylic acids is 2. The summed E-state index contributed by atoms with van der Waals surface area (Å²) in [6.45, 7) is 0.309. The van der Waals surface area contributed by atoms with Gasteiger partial charge in [0.1, 0.15) is 4.90 Å². The minimum atomic E-state index is -3.95. The molecule has 0 aromatic heterocycles. The summed E-state index contributed by atoms with van der Waals surface area (Å²) in [5.41, 5.74) is 1.61. The number of para-hydroxylation sites is 1. The number of fused-ring (bicyclic) bond motifs is 1. The molecule has 2 aliphatic rings. The van der Waals surface area contributed by atoms with Gasteiger partial charge in [0, 0.05) is 13.0 Å². The molecule has 0 radical (unpaired) electrons. The highest BCUT2D eigenvalue weighted by atomic mass is 35.5. The first-order chi connectivity index (χ1) is 13.4. The van der Waals surface area contributed by atoms with E-state index in [2.05, 4.69) is 0 Å². The van der Waals surface area contributed by atoms with Crippen LogP contribution in [0.25, 0.3) is 0 Å². The Morgan fingerprint density at radius 3 is 2.68 bits per heavy atom. The van der Waals surface area contributed by atoms with Crippen LogP contribution in [0.3, 0.4) is 0 Å². The van der Waals surface area contributed by atoms with Gasteiger partial charge in [0.25, 0.3) is 10.0 Å². The van der Waals surface area contributed by atoms with Crippen molar-refractivity contribution in [1.29, 1.82) is 0 Å². The Kier molecular flexibility index (Phi) is 4.89. The molecule has 1 fully saturated rings. The Balaban J connectivity index is 1.65. The van der Waals surface area contributed by atoms with Crippen LogP contribution in [0, 0.1) is 0 Å². The van der Waals surface area contributed by atoms with Crippen molar-refractivity contribution in [1.82, 2.24) is 0 Å². The molecule has 0 spiro atoms. The van der Waals surface area contributed by atoms with E-state index in [-0.39, 0.29) is 21.3 Å². The van der Waals surface area contributed by atoms with Gasteiger partial charge in [-0.3, -0.25) is 9.10 Å². The zero-order valence-corrected chi connectivity index (χ0v) is 16.5. The highest BCUT2D eigenvalue weighted by Gasteiger charge is 2.33. The van der Waals surface area contributed by atoms with Crippen LogP contribution < -0.4 is 4.31 Å². The fourth-order valence-electron chi connectivity index (χ4n) is 3.61. The lowest BCUT2D eigenvalue weighted by molar-refractivity contribution is -0.124. The van der Waals surface area contributed by atoms with E-state index in [1.807, 2.05) is 12.1 Å². The molecule has 2 aromatic carbocycles. The summed E-state index contributed by atoms with van der Waals surface area (Å²) in [6, 6.07) is 11.3. The lowest BCUT2D eigenvalue weighted by atomic mass is 10.2. The molecule has 2 aromatic rings. The zero-order valence-electron chi connectivity index (χ0n) is 14.9. The molecule has 1 aliphatic heterocycles. The van der Waals surface area contributed by atoms with Crippen LogP contribution in [0.1, 0.15) is 35.2 Å². The van der Waals surface area contributed by atoms with Gasteiger partial charge >= 0.3 is 5.97 Å². The van der Waals surface area contributed by atoms with E-state index in [0.717, 1.165) is 5.56 Å². The Bertz CT molecular complexity index is 1070. The lowest BCUT2D eigenvalue weighted by Crippen LogP contribution is -2.29. The summed E-state index contributed by atoms with van der Waals surface area (Å²) >= 11 is 6.17. The van der Waals surface area contributed by atoms with Crippen molar-refractivity contribution < 1.29 is 22.7 Å². The quantitative estimate of drug-likeness (QED) is 0.710. The fourth-order valence-corrected chi connectivity index (χ4v) is 5.62. The molecule has 4 rings (SSSR count). The van der Waals surface area contributed by atoms with Crippen LogP contribution in [0.4, 0.5) is 5.69 Å². The van der Waals surface area contributed by atoms with Gasteiger partial charge in [-0.15, -0.1) is 0 Å². The Labute approximate surface area is 168 Å². The molecule has 6 nitrogen and oxygen atoms in total. The van der Waals surface area contributed by atoms with E-state index in [4.69, 9.17) is 16.3 Å². The second kappa shape index (κ2) is 7.22. The van der Waals surface area contributed by atoms with Crippen molar-refractivity contribution >= 4 is 39.1 Å². The Morgan fingerprint density at radius 1 is 1.14 bits per heavy atom. The van der Waals surface area contributed by atoms with E-state index in [1.54, 1.807) is 12.1 Å². The van der Waals surface area contributed by atoms with Gasteiger partial charge in [0.15, 0.2) is 11.9 Å². The summed E-state index contributed by atoms with van der Waals surface area (Å²) in [5.74, 6) is -0.834. The molecule has 8 heteroatoms. The molecule has 0 saturated heterocycles. The summed E-state index contributed by atoms with van der Waals surface area (Å²) < 4.78 is 33.0. The number of hydrogen-bond acceptors (Lipinski definition) is 5. The third-order valence-electron chi connectivity index (χ3n) is 5.08. The van der Waals surface area contributed by atoms with Crippen LogP contribution >= 0.6 is 11.6 Å². The summed E-state index contributed by atoms with van der Waals surface area (Å²) in [7, 11) is -3.95. The fraction of sp³-hybridized carbons (Fsp3) is 0.300. The maximum atomic E-state index is 13.2. The molecule has 0 amide bonds. The molecule has 1 unspecified atom stereocenters. The van der Waals surface area contributed by atoms with Crippen molar-refractivity contribution in [2.24, 2.45) is 0 Å². The monoisotopic (exact) mass is 419 g/mol. The van der Waals surface area contributed by atoms with Crippen LogP contribution in [0.2, 0.25) is 5.02 Å². The molecular weight excluding hydrogens is 402 g/mol. The molecule has 0 N–H and O–H groups in total. The van der Waals surface area contributed by atoms with E-state index in [9.17, 15) is 18.0 Å². The van der Waals surface area contributed by atoms with Crippen LogP contribution in [-0.2, 0) is 26.0 Å². The van der Waals surface area contributed by atoms with E-state index >= 15 is 0 Å². The van der Waals surface area contributed by atoms with Gasteiger partial charge < -0.3 is 4.74 Å². The second-order valence-electron chi connectivity index (χ2n) is 6.85. The highest BCUT2D eigenvalue weighted by molar-refractivity contribution is 7.93.